The summed E-state index contributed by atoms with van der Waals surface area (Å²) >= 11 is 0. The number of pyridine rings is 1. The highest BCUT2D eigenvalue weighted by Gasteiger charge is 2.55. The maximum absolute atomic E-state index is 14.4. The highest BCUT2D eigenvalue weighted by Crippen LogP contribution is 2.56. The lowest BCUT2D eigenvalue weighted by atomic mass is 9.89. The number of nitrogens with zero attached hydrogens (tertiary/aromatic N) is 1. The number of esters is 1. The Morgan fingerprint density at radius 3 is 2.56 bits per heavy atom. The van der Waals surface area contributed by atoms with Gasteiger partial charge in [0.2, 0.25) is 0 Å². The van der Waals surface area contributed by atoms with Crippen molar-refractivity contribution in [2.24, 2.45) is 17.8 Å². The molecular formula is C21H22F3NO2. The predicted molar refractivity (Wildman–Crippen MR) is 95.0 cm³/mol. The van der Waals surface area contributed by atoms with Gasteiger partial charge in [-0.25, -0.2) is 9.18 Å². The zero-order chi connectivity index (χ0) is 19.2. The van der Waals surface area contributed by atoms with Crippen LogP contribution in [0.2, 0.25) is 0 Å². The maximum Gasteiger partial charge on any atom is 0.377 e. The van der Waals surface area contributed by atoms with Gasteiger partial charge in [-0.2, -0.15) is 8.78 Å². The Labute approximate surface area is 155 Å². The van der Waals surface area contributed by atoms with Gasteiger partial charge >= 0.3 is 11.9 Å². The molecule has 3 nitrogen and oxygen atoms in total. The van der Waals surface area contributed by atoms with E-state index in [1.807, 2.05) is 6.07 Å². The van der Waals surface area contributed by atoms with Gasteiger partial charge in [0, 0.05) is 17.5 Å². The van der Waals surface area contributed by atoms with Crippen LogP contribution in [0.25, 0.3) is 10.9 Å². The van der Waals surface area contributed by atoms with E-state index < -0.39 is 17.8 Å². The Kier molecular flexibility index (Phi) is 4.60. The first-order valence-corrected chi connectivity index (χ1v) is 9.49. The molecule has 2 aliphatic carbocycles. The van der Waals surface area contributed by atoms with Gasteiger partial charge < -0.3 is 4.74 Å². The summed E-state index contributed by atoms with van der Waals surface area (Å²) < 4.78 is 47.0. The van der Waals surface area contributed by atoms with Crippen molar-refractivity contribution in [2.75, 3.05) is 6.61 Å². The summed E-state index contributed by atoms with van der Waals surface area (Å²) in [5.74, 6) is -5.52. The first kappa shape index (κ1) is 18.3. The number of aromatic nitrogens is 1. The molecular weight excluding hydrogens is 355 g/mol. The van der Waals surface area contributed by atoms with Gasteiger partial charge in [-0.05, 0) is 80.2 Å². The fourth-order valence-electron chi connectivity index (χ4n) is 5.06. The monoisotopic (exact) mass is 377 g/mol. The van der Waals surface area contributed by atoms with Crippen molar-refractivity contribution < 1.29 is 22.7 Å². The molecule has 144 valence electrons. The number of fused-ring (bicyclic) bond motifs is 2. The van der Waals surface area contributed by atoms with Gasteiger partial charge in [-0.1, -0.05) is 0 Å². The smallest absolute Gasteiger partial charge is 0.377 e. The minimum atomic E-state index is -3.41. The van der Waals surface area contributed by atoms with E-state index in [1.54, 1.807) is 12.3 Å². The number of carbonyl (C=O) groups is 1. The number of halogens is 3. The molecule has 27 heavy (non-hydrogen) atoms. The number of alkyl halides is 2. The normalized spacial score (nSPS) is 27.7. The summed E-state index contributed by atoms with van der Waals surface area (Å²) in [6.07, 6.45) is 3.97. The van der Waals surface area contributed by atoms with Crippen molar-refractivity contribution >= 4 is 16.9 Å². The van der Waals surface area contributed by atoms with Gasteiger partial charge in [0.1, 0.15) is 5.82 Å². The molecule has 2 aliphatic rings. The van der Waals surface area contributed by atoms with Crippen LogP contribution in [-0.4, -0.2) is 23.5 Å². The molecule has 0 amide bonds. The lowest BCUT2D eigenvalue weighted by Crippen LogP contribution is -2.38. The zero-order valence-corrected chi connectivity index (χ0v) is 15.1. The van der Waals surface area contributed by atoms with Crippen LogP contribution in [-0.2, 0) is 9.53 Å². The highest BCUT2D eigenvalue weighted by atomic mass is 19.3. The van der Waals surface area contributed by atoms with Gasteiger partial charge in [-0.15, -0.1) is 0 Å². The van der Waals surface area contributed by atoms with Crippen LogP contribution in [0.15, 0.2) is 30.5 Å². The first-order chi connectivity index (χ1) is 12.9. The number of hydrogen-bond acceptors (Lipinski definition) is 3. The number of hydrogen-bond donors (Lipinski definition) is 0. The fourth-order valence-corrected chi connectivity index (χ4v) is 5.06. The van der Waals surface area contributed by atoms with E-state index in [9.17, 15) is 18.0 Å². The van der Waals surface area contributed by atoms with Crippen LogP contribution in [0.4, 0.5) is 13.2 Å². The van der Waals surface area contributed by atoms with Crippen molar-refractivity contribution in [3.05, 3.63) is 41.8 Å². The Balaban J connectivity index is 1.51. The Bertz CT molecular complexity index is 856. The molecule has 0 bridgehead atoms. The Hall–Kier alpha value is -2.11. The minimum Gasteiger partial charge on any atom is -0.462 e. The third-order valence-corrected chi connectivity index (χ3v) is 6.25. The van der Waals surface area contributed by atoms with Crippen molar-refractivity contribution in [1.29, 1.82) is 0 Å². The molecule has 4 rings (SSSR count). The van der Waals surface area contributed by atoms with Crippen molar-refractivity contribution in [3.8, 4) is 0 Å². The van der Waals surface area contributed by atoms with Crippen LogP contribution < -0.4 is 0 Å². The number of benzene rings is 1. The van der Waals surface area contributed by atoms with Gasteiger partial charge in [0.05, 0.1) is 12.1 Å². The predicted octanol–water partition coefficient (Wildman–Crippen LogP) is 5.09. The van der Waals surface area contributed by atoms with Crippen molar-refractivity contribution in [3.63, 3.8) is 0 Å². The van der Waals surface area contributed by atoms with Gasteiger partial charge in [-0.3, -0.25) is 4.98 Å². The summed E-state index contributed by atoms with van der Waals surface area (Å²) in [7, 11) is 0. The van der Waals surface area contributed by atoms with E-state index in [-0.39, 0.29) is 30.2 Å². The van der Waals surface area contributed by atoms with E-state index in [0.717, 1.165) is 29.3 Å². The molecule has 0 saturated heterocycles. The van der Waals surface area contributed by atoms with E-state index in [1.165, 1.54) is 19.1 Å². The van der Waals surface area contributed by atoms with Crippen LogP contribution in [0.1, 0.15) is 44.1 Å². The summed E-state index contributed by atoms with van der Waals surface area (Å²) in [4.78, 5) is 15.9. The van der Waals surface area contributed by atoms with E-state index in [2.05, 4.69) is 9.72 Å². The maximum atomic E-state index is 14.4. The van der Waals surface area contributed by atoms with Crippen LogP contribution in [0.3, 0.4) is 0 Å². The van der Waals surface area contributed by atoms with E-state index in [0.29, 0.717) is 12.8 Å². The molecule has 2 fully saturated rings. The summed E-state index contributed by atoms with van der Waals surface area (Å²) in [5.41, 5.74) is 1.79. The fraction of sp³-hybridized carbons (Fsp3) is 0.524. The molecule has 4 atom stereocenters. The van der Waals surface area contributed by atoms with Crippen LogP contribution >= 0.6 is 0 Å². The summed E-state index contributed by atoms with van der Waals surface area (Å²) in [6, 6.07) is 6.48. The molecule has 0 N–H and O–H groups in total. The van der Waals surface area contributed by atoms with Crippen LogP contribution in [0, 0.1) is 23.6 Å². The zero-order valence-electron chi connectivity index (χ0n) is 15.1. The SMILES string of the molecule is CCOC(=O)C(F)(F)[C@@H]1CC2C[C@H](c3ccnc4ccc(F)cc34)C[C@@H]2C1. The quantitative estimate of drug-likeness (QED) is 0.697. The molecule has 0 spiro atoms. The molecule has 0 radical (unpaired) electrons. The Morgan fingerprint density at radius 2 is 1.89 bits per heavy atom. The lowest BCUT2D eigenvalue weighted by molar-refractivity contribution is -0.180. The largest absolute Gasteiger partial charge is 0.462 e. The van der Waals surface area contributed by atoms with Gasteiger partial charge in [0.15, 0.2) is 0 Å². The molecule has 1 heterocycles. The highest BCUT2D eigenvalue weighted by molar-refractivity contribution is 5.82. The molecule has 1 aromatic carbocycles. The van der Waals surface area contributed by atoms with Crippen molar-refractivity contribution in [2.45, 2.75) is 44.4 Å². The average molecular weight is 377 g/mol. The van der Waals surface area contributed by atoms with E-state index >= 15 is 0 Å². The molecule has 2 saturated carbocycles. The lowest BCUT2D eigenvalue weighted by Gasteiger charge is -2.23. The Morgan fingerprint density at radius 1 is 1.19 bits per heavy atom. The third kappa shape index (κ3) is 3.19. The molecule has 1 aromatic heterocycles. The second-order valence-electron chi connectivity index (χ2n) is 7.76. The second kappa shape index (κ2) is 6.80. The summed E-state index contributed by atoms with van der Waals surface area (Å²) in [6.45, 7) is 1.49. The standard InChI is InChI=1S/C21H22F3NO2/c1-2-27-20(26)21(23,24)15-9-12-7-14(8-13(12)10-15)17-5-6-25-19-4-3-16(22)11-18(17)19/h3-6,11-15H,2,7-10H2,1H3/t12-,13?,14-,15+/m1/s1. The minimum absolute atomic E-state index is 0.0399. The molecule has 2 aromatic rings. The number of carbonyl (C=O) groups excluding carboxylic acids is 1. The van der Waals surface area contributed by atoms with Crippen LogP contribution in [0.5, 0.6) is 0 Å². The van der Waals surface area contributed by atoms with E-state index in [4.69, 9.17) is 0 Å². The number of rotatable bonds is 4. The summed E-state index contributed by atoms with van der Waals surface area (Å²) in [5, 5.41) is 0.802. The van der Waals surface area contributed by atoms with Gasteiger partial charge in [0.25, 0.3) is 0 Å². The molecule has 6 heteroatoms. The first-order valence-electron chi connectivity index (χ1n) is 9.49. The van der Waals surface area contributed by atoms with Crippen molar-refractivity contribution in [1.82, 2.24) is 4.98 Å². The average Bonchev–Trinajstić information content (AvgIpc) is 3.20. The second-order valence-corrected chi connectivity index (χ2v) is 7.76. The third-order valence-electron chi connectivity index (χ3n) is 6.25. The topological polar surface area (TPSA) is 39.2 Å². The molecule has 0 aliphatic heterocycles. The molecule has 1 unspecified atom stereocenters. The number of ether oxygens (including phenoxy) is 1.